The normalized spacial score (nSPS) is 10.2. The Hall–Kier alpha value is -2.57. The maximum Gasteiger partial charge on any atom is 0.354 e. The number of aromatic nitrogens is 3. The molecular weight excluding hydrogens is 224 g/mol. The fourth-order valence-corrected chi connectivity index (χ4v) is 1.47. The smallest absolute Gasteiger partial charge is 0.354 e. The number of aromatic amines is 1. The van der Waals surface area contributed by atoms with Gasteiger partial charge < -0.3 is 20.0 Å². The first-order chi connectivity index (χ1) is 8.09. The summed E-state index contributed by atoms with van der Waals surface area (Å²) >= 11 is 0. The summed E-state index contributed by atoms with van der Waals surface area (Å²) in [6.45, 7) is 0. The van der Waals surface area contributed by atoms with E-state index in [2.05, 4.69) is 15.3 Å². The van der Waals surface area contributed by atoms with Gasteiger partial charge in [0.05, 0.1) is 5.69 Å². The van der Waals surface area contributed by atoms with Crippen molar-refractivity contribution in [1.82, 2.24) is 14.5 Å². The molecule has 0 bridgehead atoms. The Morgan fingerprint density at radius 3 is 2.88 bits per heavy atom. The molecular formula is C10H10N4O3. The fraction of sp³-hybridized carbons (Fsp3) is 0.100. The summed E-state index contributed by atoms with van der Waals surface area (Å²) in [4.78, 5) is 29.0. The van der Waals surface area contributed by atoms with Crippen LogP contribution in [0.2, 0.25) is 0 Å². The standard InChI is InChI=1S/C10H10N4O3/c1-14-5-2-6(7(14)10(16)17)13-9(15)8-11-3-4-12-8/h2-5H,1H3,(H,11,12)(H,13,15)(H,16,17). The molecule has 1 amide bonds. The molecule has 17 heavy (non-hydrogen) atoms. The quantitative estimate of drug-likeness (QED) is 0.727. The Balaban J connectivity index is 2.25. The third kappa shape index (κ3) is 2.03. The van der Waals surface area contributed by atoms with E-state index in [0.717, 1.165) is 0 Å². The van der Waals surface area contributed by atoms with Crippen LogP contribution in [-0.4, -0.2) is 31.5 Å². The third-order valence-corrected chi connectivity index (χ3v) is 2.24. The number of carboxylic acids is 1. The summed E-state index contributed by atoms with van der Waals surface area (Å²) in [5.41, 5.74) is 0.256. The van der Waals surface area contributed by atoms with E-state index in [9.17, 15) is 9.59 Å². The molecule has 0 atom stereocenters. The number of hydrogen-bond donors (Lipinski definition) is 3. The zero-order valence-corrected chi connectivity index (χ0v) is 8.97. The van der Waals surface area contributed by atoms with E-state index in [1.165, 1.54) is 23.0 Å². The molecule has 88 valence electrons. The van der Waals surface area contributed by atoms with Crippen molar-refractivity contribution in [3.63, 3.8) is 0 Å². The van der Waals surface area contributed by atoms with Crippen molar-refractivity contribution in [2.24, 2.45) is 7.05 Å². The van der Waals surface area contributed by atoms with E-state index >= 15 is 0 Å². The van der Waals surface area contributed by atoms with Crippen molar-refractivity contribution in [1.29, 1.82) is 0 Å². The molecule has 2 aromatic heterocycles. The number of nitrogens with one attached hydrogen (secondary N) is 2. The van der Waals surface area contributed by atoms with E-state index in [0.29, 0.717) is 0 Å². The Bertz CT molecular complexity index is 556. The number of nitrogens with zero attached hydrogens (tertiary/aromatic N) is 2. The van der Waals surface area contributed by atoms with E-state index in [-0.39, 0.29) is 17.2 Å². The highest BCUT2D eigenvalue weighted by molar-refractivity contribution is 6.05. The zero-order valence-electron chi connectivity index (χ0n) is 8.97. The first kappa shape index (κ1) is 10.9. The lowest BCUT2D eigenvalue weighted by molar-refractivity contribution is 0.0688. The second-order valence-electron chi connectivity index (χ2n) is 3.39. The number of amides is 1. The molecule has 0 aliphatic rings. The number of carbonyl (C=O) groups excluding carboxylic acids is 1. The first-order valence-corrected chi connectivity index (χ1v) is 4.79. The van der Waals surface area contributed by atoms with Crippen molar-refractivity contribution in [2.45, 2.75) is 0 Å². The van der Waals surface area contributed by atoms with Crippen LogP contribution in [0, 0.1) is 0 Å². The number of aryl methyl sites for hydroxylation is 1. The lowest BCUT2D eigenvalue weighted by atomic mass is 10.3. The predicted molar refractivity (Wildman–Crippen MR) is 58.9 cm³/mol. The van der Waals surface area contributed by atoms with Gasteiger partial charge in [0.25, 0.3) is 5.91 Å². The van der Waals surface area contributed by atoms with Gasteiger partial charge in [0.15, 0.2) is 11.5 Å². The topological polar surface area (TPSA) is 100 Å². The number of imidazole rings is 1. The summed E-state index contributed by atoms with van der Waals surface area (Å²) in [6, 6.07) is 1.52. The summed E-state index contributed by atoms with van der Waals surface area (Å²) in [5, 5.41) is 11.5. The van der Waals surface area contributed by atoms with Crippen LogP contribution in [0.25, 0.3) is 0 Å². The molecule has 0 aliphatic carbocycles. The van der Waals surface area contributed by atoms with Crippen LogP contribution in [0.4, 0.5) is 5.69 Å². The first-order valence-electron chi connectivity index (χ1n) is 4.79. The molecule has 0 unspecified atom stereocenters. The fourth-order valence-electron chi connectivity index (χ4n) is 1.47. The number of carboxylic acid groups (broad SMARTS) is 1. The molecule has 0 fully saturated rings. The molecule has 7 nitrogen and oxygen atoms in total. The lowest BCUT2D eigenvalue weighted by Gasteiger charge is -2.03. The lowest BCUT2D eigenvalue weighted by Crippen LogP contribution is -2.16. The SMILES string of the molecule is Cn1ccc(NC(=O)c2ncc[nH]2)c1C(=O)O. The van der Waals surface area contributed by atoms with Crippen molar-refractivity contribution < 1.29 is 14.7 Å². The van der Waals surface area contributed by atoms with Gasteiger partial charge >= 0.3 is 5.97 Å². The maximum absolute atomic E-state index is 11.7. The molecule has 7 heteroatoms. The minimum Gasteiger partial charge on any atom is -0.477 e. The number of carbonyl (C=O) groups is 2. The van der Waals surface area contributed by atoms with E-state index < -0.39 is 11.9 Å². The second-order valence-corrected chi connectivity index (χ2v) is 3.39. The molecule has 2 heterocycles. The van der Waals surface area contributed by atoms with Crippen LogP contribution in [0.5, 0.6) is 0 Å². The largest absolute Gasteiger partial charge is 0.477 e. The van der Waals surface area contributed by atoms with Crippen molar-refractivity contribution in [3.8, 4) is 0 Å². The van der Waals surface area contributed by atoms with Crippen LogP contribution in [-0.2, 0) is 7.05 Å². The van der Waals surface area contributed by atoms with Gasteiger partial charge in [-0.05, 0) is 6.07 Å². The van der Waals surface area contributed by atoms with Crippen LogP contribution < -0.4 is 5.32 Å². The monoisotopic (exact) mass is 234 g/mol. The summed E-state index contributed by atoms with van der Waals surface area (Å²) < 4.78 is 1.42. The molecule has 0 saturated heterocycles. The highest BCUT2D eigenvalue weighted by atomic mass is 16.4. The molecule has 0 spiro atoms. The molecule has 3 N–H and O–H groups in total. The van der Waals surface area contributed by atoms with Crippen molar-refractivity contribution in [3.05, 3.63) is 36.2 Å². The Morgan fingerprint density at radius 1 is 1.53 bits per heavy atom. The second kappa shape index (κ2) is 4.12. The minimum absolute atomic E-state index is 0.0184. The van der Waals surface area contributed by atoms with Gasteiger partial charge in [-0.3, -0.25) is 4.79 Å². The molecule has 0 radical (unpaired) electrons. The van der Waals surface area contributed by atoms with Gasteiger partial charge in [0, 0.05) is 25.6 Å². The molecule has 2 aromatic rings. The Morgan fingerprint density at radius 2 is 2.29 bits per heavy atom. The molecule has 2 rings (SSSR count). The van der Waals surface area contributed by atoms with Crippen molar-refractivity contribution in [2.75, 3.05) is 5.32 Å². The minimum atomic E-state index is -1.10. The Labute approximate surface area is 96.1 Å². The van der Waals surface area contributed by atoms with Gasteiger partial charge in [0.2, 0.25) is 0 Å². The number of rotatable bonds is 3. The molecule has 0 saturated carbocycles. The summed E-state index contributed by atoms with van der Waals surface area (Å²) in [5.74, 6) is -1.46. The van der Waals surface area contributed by atoms with Gasteiger partial charge in [-0.1, -0.05) is 0 Å². The average Bonchev–Trinajstić information content (AvgIpc) is 2.87. The predicted octanol–water partition coefficient (Wildman–Crippen LogP) is 0.699. The van der Waals surface area contributed by atoms with Crippen molar-refractivity contribution >= 4 is 17.6 Å². The number of anilines is 1. The number of hydrogen-bond acceptors (Lipinski definition) is 3. The number of aromatic carboxylic acids is 1. The van der Waals surface area contributed by atoms with E-state index in [1.807, 2.05) is 0 Å². The van der Waals surface area contributed by atoms with Gasteiger partial charge in [-0.25, -0.2) is 9.78 Å². The third-order valence-electron chi connectivity index (χ3n) is 2.24. The molecule has 0 aliphatic heterocycles. The summed E-state index contributed by atoms with van der Waals surface area (Å²) in [6.07, 6.45) is 4.51. The van der Waals surface area contributed by atoms with E-state index in [4.69, 9.17) is 5.11 Å². The molecule has 0 aromatic carbocycles. The highest BCUT2D eigenvalue weighted by Gasteiger charge is 2.17. The van der Waals surface area contributed by atoms with E-state index in [1.54, 1.807) is 13.2 Å². The average molecular weight is 234 g/mol. The van der Waals surface area contributed by atoms with Crippen LogP contribution in [0.1, 0.15) is 21.1 Å². The van der Waals surface area contributed by atoms with Gasteiger partial charge in [-0.15, -0.1) is 0 Å². The zero-order chi connectivity index (χ0) is 12.4. The highest BCUT2D eigenvalue weighted by Crippen LogP contribution is 2.16. The summed E-state index contributed by atoms with van der Waals surface area (Å²) in [7, 11) is 1.59. The van der Waals surface area contributed by atoms with Gasteiger partial charge in [0.1, 0.15) is 0 Å². The van der Waals surface area contributed by atoms with Crippen LogP contribution in [0.3, 0.4) is 0 Å². The van der Waals surface area contributed by atoms with Crippen LogP contribution >= 0.6 is 0 Å². The number of H-pyrrole nitrogens is 1. The Kier molecular flexibility index (Phi) is 2.65. The van der Waals surface area contributed by atoms with Gasteiger partial charge in [-0.2, -0.15) is 0 Å². The van der Waals surface area contributed by atoms with Crippen LogP contribution in [0.15, 0.2) is 24.7 Å². The maximum atomic E-state index is 11.7.